The molecule has 0 unspecified atom stereocenters. The third-order valence-corrected chi connectivity index (χ3v) is 2.56. The summed E-state index contributed by atoms with van der Waals surface area (Å²) in [6, 6.07) is 0. The third kappa shape index (κ3) is 2.08. The molecular formula is C9H14N2S. The summed E-state index contributed by atoms with van der Waals surface area (Å²) in [4.78, 5) is 5.54. The number of nitrogens with two attached hydrogens (primary N) is 1. The number of anilines is 1. The van der Waals surface area contributed by atoms with Gasteiger partial charge in [-0.3, -0.25) is 0 Å². The van der Waals surface area contributed by atoms with Crippen molar-refractivity contribution in [1.29, 1.82) is 0 Å². The molecule has 0 atom stereocenters. The number of thiazole rings is 1. The van der Waals surface area contributed by atoms with Crippen LogP contribution in [-0.4, -0.2) is 4.98 Å². The number of hydrogen-bond donors (Lipinski definition) is 1. The maximum Gasteiger partial charge on any atom is 0.180 e. The molecule has 0 radical (unpaired) electrons. The van der Waals surface area contributed by atoms with Gasteiger partial charge in [0.15, 0.2) is 5.13 Å². The Morgan fingerprint density at radius 3 is 3.00 bits per heavy atom. The molecule has 12 heavy (non-hydrogen) atoms. The highest BCUT2D eigenvalue weighted by Crippen LogP contribution is 2.22. The number of allylic oxidation sites excluding steroid dienone is 1. The van der Waals surface area contributed by atoms with Gasteiger partial charge in [-0.2, -0.15) is 0 Å². The van der Waals surface area contributed by atoms with E-state index in [0.29, 0.717) is 5.13 Å². The molecule has 2 nitrogen and oxygen atoms in total. The molecule has 1 rings (SSSR count). The molecule has 0 bridgehead atoms. The van der Waals surface area contributed by atoms with Crippen molar-refractivity contribution in [1.82, 2.24) is 4.98 Å². The molecule has 0 aliphatic rings. The fourth-order valence-electron chi connectivity index (χ4n) is 1.13. The Hall–Kier alpha value is -0.830. The van der Waals surface area contributed by atoms with Gasteiger partial charge in [-0.25, -0.2) is 4.98 Å². The van der Waals surface area contributed by atoms with E-state index in [1.807, 2.05) is 6.08 Å². The SMILES string of the molecule is C=CCc1sc(N)nc1CCC. The quantitative estimate of drug-likeness (QED) is 0.726. The number of rotatable bonds is 4. The summed E-state index contributed by atoms with van der Waals surface area (Å²) >= 11 is 1.57. The maximum absolute atomic E-state index is 5.61. The fourth-order valence-corrected chi connectivity index (χ4v) is 2.00. The Labute approximate surface area is 77.1 Å². The van der Waals surface area contributed by atoms with Crippen LogP contribution < -0.4 is 5.73 Å². The standard InChI is InChI=1S/C9H14N2S/c1-3-5-7-8(6-4-2)12-9(10)11-7/h4H,2-3,5-6H2,1H3,(H2,10,11). The van der Waals surface area contributed by atoms with Crippen molar-refractivity contribution in [3.8, 4) is 0 Å². The van der Waals surface area contributed by atoms with Crippen molar-refractivity contribution < 1.29 is 0 Å². The molecule has 0 amide bonds. The minimum atomic E-state index is 0.676. The van der Waals surface area contributed by atoms with Gasteiger partial charge in [0.1, 0.15) is 0 Å². The van der Waals surface area contributed by atoms with Crippen LogP contribution in [0.3, 0.4) is 0 Å². The molecule has 3 heteroatoms. The summed E-state index contributed by atoms with van der Waals surface area (Å²) in [6.07, 6.45) is 4.93. The Morgan fingerprint density at radius 2 is 2.42 bits per heavy atom. The minimum Gasteiger partial charge on any atom is -0.375 e. The summed E-state index contributed by atoms with van der Waals surface area (Å²) in [7, 11) is 0. The van der Waals surface area contributed by atoms with Gasteiger partial charge in [0.05, 0.1) is 5.69 Å². The minimum absolute atomic E-state index is 0.676. The highest BCUT2D eigenvalue weighted by atomic mass is 32.1. The van der Waals surface area contributed by atoms with Crippen LogP contribution >= 0.6 is 11.3 Å². The third-order valence-electron chi connectivity index (χ3n) is 1.61. The molecule has 1 heterocycles. The van der Waals surface area contributed by atoms with Crippen molar-refractivity contribution in [3.63, 3.8) is 0 Å². The fraction of sp³-hybridized carbons (Fsp3) is 0.444. The summed E-state index contributed by atoms with van der Waals surface area (Å²) < 4.78 is 0. The molecule has 0 spiro atoms. The Kier molecular flexibility index (Phi) is 3.29. The molecule has 66 valence electrons. The highest BCUT2D eigenvalue weighted by Gasteiger charge is 2.06. The van der Waals surface area contributed by atoms with E-state index in [1.54, 1.807) is 11.3 Å². The van der Waals surface area contributed by atoms with E-state index in [0.717, 1.165) is 25.0 Å². The van der Waals surface area contributed by atoms with Crippen molar-refractivity contribution in [2.75, 3.05) is 5.73 Å². The first-order valence-corrected chi connectivity index (χ1v) is 4.94. The molecule has 1 aromatic heterocycles. The van der Waals surface area contributed by atoms with Gasteiger partial charge in [-0.05, 0) is 6.42 Å². The second-order valence-electron chi connectivity index (χ2n) is 2.66. The Morgan fingerprint density at radius 1 is 1.67 bits per heavy atom. The van der Waals surface area contributed by atoms with E-state index in [9.17, 15) is 0 Å². The molecule has 0 saturated carbocycles. The predicted octanol–water partition coefficient (Wildman–Crippen LogP) is 2.41. The van der Waals surface area contributed by atoms with Gasteiger partial charge in [0.25, 0.3) is 0 Å². The first kappa shape index (κ1) is 9.26. The van der Waals surface area contributed by atoms with Crippen molar-refractivity contribution in [2.24, 2.45) is 0 Å². The van der Waals surface area contributed by atoms with E-state index in [1.165, 1.54) is 4.88 Å². The zero-order valence-corrected chi connectivity index (χ0v) is 8.16. The molecule has 0 fully saturated rings. The Balaban J connectivity index is 2.83. The van der Waals surface area contributed by atoms with Crippen LogP contribution in [0.25, 0.3) is 0 Å². The molecule has 0 aliphatic heterocycles. The summed E-state index contributed by atoms with van der Waals surface area (Å²) in [5.41, 5.74) is 6.77. The van der Waals surface area contributed by atoms with E-state index < -0.39 is 0 Å². The predicted molar refractivity (Wildman–Crippen MR) is 54.4 cm³/mol. The Bertz CT molecular complexity index is 265. The highest BCUT2D eigenvalue weighted by molar-refractivity contribution is 7.15. The van der Waals surface area contributed by atoms with Crippen molar-refractivity contribution in [3.05, 3.63) is 23.2 Å². The van der Waals surface area contributed by atoms with Crippen LogP contribution in [0.1, 0.15) is 23.9 Å². The largest absolute Gasteiger partial charge is 0.375 e. The summed E-state index contributed by atoms with van der Waals surface area (Å²) in [5.74, 6) is 0. The van der Waals surface area contributed by atoms with E-state index >= 15 is 0 Å². The van der Waals surface area contributed by atoms with Gasteiger partial charge < -0.3 is 5.73 Å². The lowest BCUT2D eigenvalue weighted by molar-refractivity contribution is 0.881. The average molecular weight is 182 g/mol. The second-order valence-corrected chi connectivity index (χ2v) is 3.78. The molecule has 1 aromatic rings. The lowest BCUT2D eigenvalue weighted by Crippen LogP contribution is -1.89. The zero-order chi connectivity index (χ0) is 8.97. The molecule has 0 aliphatic carbocycles. The van der Waals surface area contributed by atoms with Gasteiger partial charge >= 0.3 is 0 Å². The number of nitrogens with zero attached hydrogens (tertiary/aromatic N) is 1. The zero-order valence-electron chi connectivity index (χ0n) is 7.34. The number of nitrogen functional groups attached to an aromatic ring is 1. The van der Waals surface area contributed by atoms with Crippen molar-refractivity contribution in [2.45, 2.75) is 26.2 Å². The smallest absolute Gasteiger partial charge is 0.180 e. The van der Waals surface area contributed by atoms with E-state index in [-0.39, 0.29) is 0 Å². The van der Waals surface area contributed by atoms with Crippen LogP contribution in [0.15, 0.2) is 12.7 Å². The summed E-state index contributed by atoms with van der Waals surface area (Å²) in [6.45, 7) is 5.85. The number of aromatic nitrogens is 1. The van der Waals surface area contributed by atoms with Crippen LogP contribution in [0.4, 0.5) is 5.13 Å². The van der Waals surface area contributed by atoms with Gasteiger partial charge in [0.2, 0.25) is 0 Å². The molecule has 0 aromatic carbocycles. The van der Waals surface area contributed by atoms with Gasteiger partial charge in [0, 0.05) is 11.3 Å². The lowest BCUT2D eigenvalue weighted by Gasteiger charge is -1.94. The normalized spacial score (nSPS) is 10.1. The van der Waals surface area contributed by atoms with Gasteiger partial charge in [-0.15, -0.1) is 17.9 Å². The molecule has 0 saturated heterocycles. The number of aryl methyl sites for hydroxylation is 1. The first-order valence-electron chi connectivity index (χ1n) is 4.12. The topological polar surface area (TPSA) is 38.9 Å². The second kappa shape index (κ2) is 4.26. The van der Waals surface area contributed by atoms with E-state index in [2.05, 4.69) is 18.5 Å². The van der Waals surface area contributed by atoms with Crippen LogP contribution in [0.5, 0.6) is 0 Å². The van der Waals surface area contributed by atoms with E-state index in [4.69, 9.17) is 5.73 Å². The first-order chi connectivity index (χ1) is 5.77. The monoisotopic (exact) mass is 182 g/mol. The molecule has 2 N–H and O–H groups in total. The van der Waals surface area contributed by atoms with Crippen LogP contribution in [0, 0.1) is 0 Å². The number of hydrogen-bond acceptors (Lipinski definition) is 3. The average Bonchev–Trinajstić information content (AvgIpc) is 2.33. The van der Waals surface area contributed by atoms with Crippen LogP contribution in [-0.2, 0) is 12.8 Å². The van der Waals surface area contributed by atoms with Gasteiger partial charge in [-0.1, -0.05) is 19.4 Å². The van der Waals surface area contributed by atoms with Crippen LogP contribution in [0.2, 0.25) is 0 Å². The lowest BCUT2D eigenvalue weighted by atomic mass is 10.2. The van der Waals surface area contributed by atoms with Crippen molar-refractivity contribution >= 4 is 16.5 Å². The molecular weight excluding hydrogens is 168 g/mol. The summed E-state index contributed by atoms with van der Waals surface area (Å²) in [5, 5.41) is 0.676. The maximum atomic E-state index is 5.61.